The molecule has 0 bridgehead atoms. The van der Waals surface area contributed by atoms with E-state index in [9.17, 15) is 20.9 Å². The van der Waals surface area contributed by atoms with Crippen LogP contribution in [0.2, 0.25) is 0 Å². The van der Waals surface area contributed by atoms with Crippen molar-refractivity contribution in [3.05, 3.63) is 111 Å². The molecule has 0 spiro atoms. The van der Waals surface area contributed by atoms with Gasteiger partial charge in [-0.1, -0.05) is 76.2 Å². The van der Waals surface area contributed by atoms with E-state index in [1.165, 1.54) is 47.8 Å². The van der Waals surface area contributed by atoms with Crippen LogP contribution in [0.5, 0.6) is 5.75 Å². The van der Waals surface area contributed by atoms with E-state index in [1.54, 1.807) is 35.6 Å². The Bertz CT molecular complexity index is 2270. The predicted octanol–water partition coefficient (Wildman–Crippen LogP) is 10.9. The Morgan fingerprint density at radius 1 is 0.891 bits per heavy atom. The number of hydrogen-bond acceptors (Lipinski definition) is 9. The van der Waals surface area contributed by atoms with E-state index in [2.05, 4.69) is 45.9 Å². The minimum atomic E-state index is -5.09. The number of allylic oxidation sites excluding steroid dienone is 2. The first-order valence-electron chi connectivity index (χ1n) is 17.8. The number of aliphatic hydroxyl groups is 1. The summed E-state index contributed by atoms with van der Waals surface area (Å²) < 4.78 is 58.8. The van der Waals surface area contributed by atoms with Crippen LogP contribution < -0.4 is 9.64 Å². The van der Waals surface area contributed by atoms with Gasteiger partial charge in [-0.2, -0.15) is 29.0 Å². The van der Waals surface area contributed by atoms with Gasteiger partial charge in [-0.05, 0) is 60.6 Å². The molecule has 2 aliphatic rings. The molecule has 1 unspecified atom stereocenters. The number of aliphatic hydroxyl groups excluding tert-OH is 1. The molecule has 55 heavy (non-hydrogen) atoms. The average Bonchev–Trinajstić information content (AvgIpc) is 3.86. The first-order chi connectivity index (χ1) is 26.2. The summed E-state index contributed by atoms with van der Waals surface area (Å²) in [5.41, 5.74) is -2.82. The fraction of sp³-hybridized carbons (Fsp3) is 0.326. The lowest BCUT2D eigenvalue weighted by Gasteiger charge is -2.40. The van der Waals surface area contributed by atoms with Gasteiger partial charge in [-0.3, -0.25) is 0 Å². The standard InChI is InChI=1S/C43H39F3N4O3S2/c1-26(2)21-41(22-27(3)4)35-20-37(28-11-13-31(14-12-28)50(5)17-18-51)55-39(35)40-36(52-41)19-32(54-40)15-16-34-33(25-49)38(29(23-47)24-48)53-42(34,43(44,45)46)30-9-7-6-8-10-30/h6-16,19-20,26-27,51H,17-18,21-22H2,1-5H3/b16-15+. The van der Waals surface area contributed by atoms with Crippen molar-refractivity contribution in [2.45, 2.75) is 57.9 Å². The number of rotatable bonds is 11. The molecule has 0 amide bonds. The number of nitrogens with zero attached hydrogens (tertiary/aromatic N) is 4. The highest BCUT2D eigenvalue weighted by molar-refractivity contribution is 7.24. The topological polar surface area (TPSA) is 113 Å². The van der Waals surface area contributed by atoms with Gasteiger partial charge in [0.05, 0.1) is 16.4 Å². The van der Waals surface area contributed by atoms with Gasteiger partial charge >= 0.3 is 6.18 Å². The summed E-state index contributed by atoms with van der Waals surface area (Å²) >= 11 is 3.02. The van der Waals surface area contributed by atoms with Crippen molar-refractivity contribution < 1.29 is 27.8 Å². The van der Waals surface area contributed by atoms with Gasteiger partial charge in [0, 0.05) is 45.7 Å². The van der Waals surface area contributed by atoms with Crippen LogP contribution in [0.15, 0.2) is 95.3 Å². The third-order valence-electron chi connectivity index (χ3n) is 9.64. The second-order valence-corrected chi connectivity index (χ2v) is 16.6. The fourth-order valence-electron chi connectivity index (χ4n) is 7.48. The van der Waals surface area contributed by atoms with Crippen LogP contribution in [0.3, 0.4) is 0 Å². The second-order valence-electron chi connectivity index (χ2n) is 14.5. The summed E-state index contributed by atoms with van der Waals surface area (Å²) in [6.45, 7) is 9.20. The van der Waals surface area contributed by atoms with Crippen molar-refractivity contribution >= 4 is 34.4 Å². The van der Waals surface area contributed by atoms with E-state index in [4.69, 9.17) is 9.47 Å². The van der Waals surface area contributed by atoms with Gasteiger partial charge in [0.15, 0.2) is 11.3 Å². The van der Waals surface area contributed by atoms with Crippen molar-refractivity contribution in [1.29, 1.82) is 15.8 Å². The molecule has 7 nitrogen and oxygen atoms in total. The van der Waals surface area contributed by atoms with Crippen molar-refractivity contribution in [2.75, 3.05) is 25.1 Å². The minimum Gasteiger partial charge on any atom is -0.481 e. The number of nitriles is 3. The maximum absolute atomic E-state index is 15.4. The van der Waals surface area contributed by atoms with Crippen molar-refractivity contribution in [2.24, 2.45) is 11.8 Å². The highest BCUT2D eigenvalue weighted by Crippen LogP contribution is 2.59. The molecule has 1 atom stereocenters. The normalized spacial score (nSPS) is 17.3. The SMILES string of the molecule is CC(C)CC1(CC(C)C)Oc2cc(/C=C/C3=C(C#N)C(=C(C#N)C#N)OC3(c3ccccc3)C(F)(F)F)sc2-c2sc(-c3ccc(N(C)CCO)cc3)cc21. The zero-order valence-corrected chi connectivity index (χ0v) is 32.6. The maximum Gasteiger partial charge on any atom is 0.437 e. The number of ether oxygens (including phenoxy) is 2. The highest BCUT2D eigenvalue weighted by atomic mass is 32.1. The van der Waals surface area contributed by atoms with Crippen LogP contribution in [0.4, 0.5) is 18.9 Å². The molecular weight excluding hydrogens is 742 g/mol. The number of likely N-dealkylation sites (N-methyl/N-ethyl adjacent to an activating group) is 1. The zero-order chi connectivity index (χ0) is 39.7. The quantitative estimate of drug-likeness (QED) is 0.151. The van der Waals surface area contributed by atoms with Crippen LogP contribution in [0.25, 0.3) is 26.3 Å². The van der Waals surface area contributed by atoms with Gasteiger partial charge in [-0.25, -0.2) is 0 Å². The van der Waals surface area contributed by atoms with E-state index in [1.807, 2.05) is 30.1 Å². The lowest BCUT2D eigenvalue weighted by molar-refractivity contribution is -0.249. The van der Waals surface area contributed by atoms with E-state index < -0.39 is 39.9 Å². The van der Waals surface area contributed by atoms with E-state index in [0.29, 0.717) is 17.2 Å². The summed E-state index contributed by atoms with van der Waals surface area (Å²) in [6, 6.07) is 24.1. The van der Waals surface area contributed by atoms with Gasteiger partial charge in [0.2, 0.25) is 0 Å². The van der Waals surface area contributed by atoms with Crippen molar-refractivity contribution in [1.82, 2.24) is 0 Å². The van der Waals surface area contributed by atoms with Crippen LogP contribution in [-0.2, 0) is 15.9 Å². The molecule has 2 aromatic heterocycles. The van der Waals surface area contributed by atoms with Gasteiger partial charge in [0.1, 0.15) is 35.1 Å². The van der Waals surface area contributed by atoms with Crippen molar-refractivity contribution in [3.8, 4) is 44.2 Å². The highest BCUT2D eigenvalue weighted by Gasteiger charge is 2.65. The molecule has 0 saturated carbocycles. The number of halogens is 3. The smallest absolute Gasteiger partial charge is 0.437 e. The third-order valence-corrected chi connectivity index (χ3v) is 12.1. The fourth-order valence-corrected chi connectivity index (χ4v) is 9.87. The summed E-state index contributed by atoms with van der Waals surface area (Å²) in [4.78, 5) is 5.51. The number of thiophene rings is 2. The summed E-state index contributed by atoms with van der Waals surface area (Å²) in [5, 5.41) is 38.9. The van der Waals surface area contributed by atoms with E-state index in [-0.39, 0.29) is 24.0 Å². The summed E-state index contributed by atoms with van der Waals surface area (Å²) in [5.74, 6) is 0.499. The molecule has 4 heterocycles. The second kappa shape index (κ2) is 15.4. The number of benzene rings is 2. The molecule has 282 valence electrons. The van der Waals surface area contributed by atoms with Gasteiger partial charge in [-0.15, -0.1) is 22.7 Å². The monoisotopic (exact) mass is 780 g/mol. The lowest BCUT2D eigenvalue weighted by atomic mass is 9.78. The Kier molecular flexibility index (Phi) is 11.0. The Morgan fingerprint density at radius 3 is 2.11 bits per heavy atom. The van der Waals surface area contributed by atoms with Crippen LogP contribution in [0.1, 0.15) is 56.5 Å². The molecule has 0 radical (unpaired) electrons. The zero-order valence-electron chi connectivity index (χ0n) is 31.0. The molecule has 12 heteroatoms. The van der Waals surface area contributed by atoms with Gasteiger partial charge in [0.25, 0.3) is 5.60 Å². The number of alkyl halides is 3. The molecule has 0 fully saturated rings. The third kappa shape index (κ3) is 7.16. The first-order valence-corrected chi connectivity index (χ1v) is 19.4. The minimum absolute atomic E-state index is 0.0481. The Balaban J connectivity index is 1.51. The number of hydrogen-bond donors (Lipinski definition) is 1. The molecule has 2 aromatic carbocycles. The van der Waals surface area contributed by atoms with E-state index >= 15 is 13.2 Å². The largest absolute Gasteiger partial charge is 0.481 e. The molecular formula is C43H39F3N4O3S2. The number of anilines is 1. The van der Waals surface area contributed by atoms with E-state index in [0.717, 1.165) is 44.3 Å². The Labute approximate surface area is 327 Å². The van der Waals surface area contributed by atoms with Crippen LogP contribution in [0, 0.1) is 45.8 Å². The molecule has 0 saturated heterocycles. The molecule has 1 N–H and O–H groups in total. The van der Waals surface area contributed by atoms with Crippen LogP contribution >= 0.6 is 22.7 Å². The molecule has 2 aliphatic heterocycles. The van der Waals surface area contributed by atoms with Crippen LogP contribution in [-0.4, -0.2) is 31.5 Å². The molecule has 0 aliphatic carbocycles. The maximum atomic E-state index is 15.4. The lowest BCUT2D eigenvalue weighted by Crippen LogP contribution is -2.43. The predicted molar refractivity (Wildman–Crippen MR) is 210 cm³/mol. The summed E-state index contributed by atoms with van der Waals surface area (Å²) in [6.07, 6.45) is -0.879. The number of fused-ring (bicyclic) bond motifs is 3. The molecule has 6 rings (SSSR count). The van der Waals surface area contributed by atoms with Gasteiger partial charge < -0.3 is 19.5 Å². The average molecular weight is 781 g/mol. The van der Waals surface area contributed by atoms with Crippen molar-refractivity contribution in [3.63, 3.8) is 0 Å². The first kappa shape index (κ1) is 39.4. The Hall–Kier alpha value is -5.32. The Morgan fingerprint density at radius 2 is 1.55 bits per heavy atom. The molecule has 4 aromatic rings. The summed E-state index contributed by atoms with van der Waals surface area (Å²) in [7, 11) is 1.93.